The van der Waals surface area contributed by atoms with Crippen molar-refractivity contribution in [2.24, 2.45) is 5.73 Å². The third-order valence-electron chi connectivity index (χ3n) is 6.10. The number of fused-ring (bicyclic) bond motifs is 2. The Hall–Kier alpha value is -2.62. The lowest BCUT2D eigenvalue weighted by Gasteiger charge is -2.29. The van der Waals surface area contributed by atoms with Gasteiger partial charge in [-0.1, -0.05) is 12.1 Å². The fraction of sp³-hybridized carbons (Fsp3) is 0.429. The minimum atomic E-state index is -0.585. The lowest BCUT2D eigenvalue weighted by atomic mass is 10.0. The Morgan fingerprint density at radius 2 is 2.07 bits per heavy atom. The van der Waals surface area contributed by atoms with Crippen molar-refractivity contribution in [2.45, 2.75) is 51.5 Å². The van der Waals surface area contributed by atoms with Gasteiger partial charge >= 0.3 is 0 Å². The van der Waals surface area contributed by atoms with Crippen LogP contribution in [0.25, 0.3) is 0 Å². The van der Waals surface area contributed by atoms with Crippen molar-refractivity contribution >= 4 is 29.1 Å². The van der Waals surface area contributed by atoms with Crippen molar-refractivity contribution in [3.63, 3.8) is 0 Å². The van der Waals surface area contributed by atoms with Crippen LogP contribution in [0.1, 0.15) is 49.9 Å². The van der Waals surface area contributed by atoms with Gasteiger partial charge in [-0.3, -0.25) is 24.6 Å². The van der Waals surface area contributed by atoms with E-state index in [2.05, 4.69) is 21.3 Å². The van der Waals surface area contributed by atoms with Gasteiger partial charge in [0.15, 0.2) is 0 Å². The first kappa shape index (κ1) is 19.3. The normalized spacial score (nSPS) is 21.6. The van der Waals surface area contributed by atoms with E-state index < -0.39 is 6.04 Å². The molecular weight excluding hydrogens is 402 g/mol. The van der Waals surface area contributed by atoms with E-state index >= 15 is 0 Å². The van der Waals surface area contributed by atoms with Gasteiger partial charge in [-0.25, -0.2) is 4.98 Å². The zero-order chi connectivity index (χ0) is 20.8. The van der Waals surface area contributed by atoms with Gasteiger partial charge in [0.05, 0.1) is 5.69 Å². The highest BCUT2D eigenvalue weighted by atomic mass is 32.1. The van der Waals surface area contributed by atoms with Crippen molar-refractivity contribution < 1.29 is 14.4 Å². The van der Waals surface area contributed by atoms with Crippen LogP contribution >= 0.6 is 11.3 Å². The fourth-order valence-electron chi connectivity index (χ4n) is 4.57. The monoisotopic (exact) mass is 425 g/mol. The summed E-state index contributed by atoms with van der Waals surface area (Å²) in [4.78, 5) is 46.7. The molecule has 1 atom stereocenters. The van der Waals surface area contributed by atoms with Gasteiger partial charge in [0.25, 0.3) is 5.91 Å². The molecule has 1 aromatic heterocycles. The third kappa shape index (κ3) is 3.32. The molecule has 1 aromatic carbocycles. The second-order valence-corrected chi connectivity index (χ2v) is 9.15. The summed E-state index contributed by atoms with van der Waals surface area (Å²) in [5, 5.41) is 3.33. The van der Waals surface area contributed by atoms with Crippen LogP contribution in [0.4, 0.5) is 0 Å². The number of imide groups is 1. The first-order valence-electron chi connectivity index (χ1n) is 10.2. The Balaban J connectivity index is 1.35. The first-order chi connectivity index (χ1) is 14.5. The number of hydrogen-bond acceptors (Lipinski definition) is 7. The van der Waals surface area contributed by atoms with Gasteiger partial charge in [-0.2, -0.15) is 0 Å². The summed E-state index contributed by atoms with van der Waals surface area (Å²) >= 11 is 1.70. The van der Waals surface area contributed by atoms with Crippen LogP contribution in [0.5, 0.6) is 0 Å². The molecule has 30 heavy (non-hydrogen) atoms. The fourth-order valence-corrected chi connectivity index (χ4v) is 5.51. The molecule has 0 saturated carbocycles. The summed E-state index contributed by atoms with van der Waals surface area (Å²) < 4.78 is 0. The number of amides is 3. The Kier molecular flexibility index (Phi) is 4.88. The van der Waals surface area contributed by atoms with Crippen LogP contribution < -0.4 is 11.1 Å². The summed E-state index contributed by atoms with van der Waals surface area (Å²) in [5.74, 6) is -0.781. The second kappa shape index (κ2) is 7.57. The highest BCUT2D eigenvalue weighted by Crippen LogP contribution is 2.32. The number of nitrogens with two attached hydrogens (primary N) is 1. The number of nitrogens with zero attached hydrogens (tertiary/aromatic N) is 3. The number of carbonyl (C=O) groups excluding carboxylic acids is 3. The van der Waals surface area contributed by atoms with Gasteiger partial charge in [0.2, 0.25) is 11.8 Å². The van der Waals surface area contributed by atoms with Crippen LogP contribution in [-0.2, 0) is 42.2 Å². The van der Waals surface area contributed by atoms with E-state index in [1.165, 1.54) is 4.88 Å². The maximum Gasteiger partial charge on any atom is 0.255 e. The number of rotatable bonds is 4. The largest absolute Gasteiger partial charge is 0.325 e. The number of piperidine rings is 1. The highest BCUT2D eigenvalue weighted by Gasteiger charge is 2.39. The third-order valence-corrected chi connectivity index (χ3v) is 7.28. The maximum absolute atomic E-state index is 13.0. The maximum atomic E-state index is 13.0. The van der Waals surface area contributed by atoms with Gasteiger partial charge in [-0.15, -0.1) is 11.3 Å². The Bertz CT molecular complexity index is 1050. The predicted molar refractivity (Wildman–Crippen MR) is 110 cm³/mol. The molecule has 3 aliphatic rings. The summed E-state index contributed by atoms with van der Waals surface area (Å²) in [6.07, 6.45) is 1.60. The molecule has 156 valence electrons. The average Bonchev–Trinajstić information content (AvgIpc) is 3.29. The van der Waals surface area contributed by atoms with Gasteiger partial charge in [0.1, 0.15) is 11.0 Å². The van der Waals surface area contributed by atoms with Crippen molar-refractivity contribution in [2.75, 3.05) is 6.54 Å². The minimum absolute atomic E-state index is 0.130. The van der Waals surface area contributed by atoms with E-state index in [0.717, 1.165) is 47.9 Å². The zero-order valence-electron chi connectivity index (χ0n) is 16.5. The molecule has 3 aliphatic heterocycles. The summed E-state index contributed by atoms with van der Waals surface area (Å²) in [6.45, 7) is 3.33. The van der Waals surface area contributed by atoms with Gasteiger partial charge in [-0.05, 0) is 30.0 Å². The molecule has 5 rings (SSSR count). The number of carbonyl (C=O) groups is 3. The number of thiazole rings is 1. The lowest BCUT2D eigenvalue weighted by molar-refractivity contribution is -0.136. The minimum Gasteiger partial charge on any atom is -0.325 e. The van der Waals surface area contributed by atoms with Crippen molar-refractivity contribution in [3.05, 3.63) is 50.5 Å². The van der Waals surface area contributed by atoms with E-state index in [4.69, 9.17) is 5.73 Å². The molecule has 0 bridgehead atoms. The van der Waals surface area contributed by atoms with Crippen molar-refractivity contribution in [3.8, 4) is 0 Å². The Morgan fingerprint density at radius 1 is 1.20 bits per heavy atom. The quantitative estimate of drug-likeness (QED) is 0.706. The second-order valence-electron chi connectivity index (χ2n) is 7.99. The molecule has 0 spiro atoms. The van der Waals surface area contributed by atoms with E-state index in [-0.39, 0.29) is 24.1 Å². The van der Waals surface area contributed by atoms with Gasteiger partial charge in [0, 0.05) is 49.6 Å². The summed E-state index contributed by atoms with van der Waals surface area (Å²) in [6, 6.07) is 5.21. The van der Waals surface area contributed by atoms with E-state index in [0.29, 0.717) is 25.1 Å². The number of nitrogens with one attached hydrogen (secondary N) is 1. The molecule has 8 nitrogen and oxygen atoms in total. The molecule has 1 unspecified atom stereocenters. The Morgan fingerprint density at radius 3 is 2.87 bits per heavy atom. The molecule has 3 N–H and O–H groups in total. The number of hydrogen-bond donors (Lipinski definition) is 2. The molecule has 9 heteroatoms. The van der Waals surface area contributed by atoms with Crippen LogP contribution in [0.2, 0.25) is 0 Å². The topological polar surface area (TPSA) is 109 Å². The average molecular weight is 426 g/mol. The lowest BCUT2D eigenvalue weighted by Crippen LogP contribution is -2.52. The van der Waals surface area contributed by atoms with E-state index in [1.54, 1.807) is 16.2 Å². The molecule has 0 aliphatic carbocycles. The molecular formula is C21H23N5O3S. The van der Waals surface area contributed by atoms with Crippen molar-refractivity contribution in [1.82, 2.24) is 20.1 Å². The van der Waals surface area contributed by atoms with E-state index in [9.17, 15) is 14.4 Å². The van der Waals surface area contributed by atoms with Crippen LogP contribution in [-0.4, -0.2) is 45.1 Å². The molecule has 1 fully saturated rings. The zero-order valence-corrected chi connectivity index (χ0v) is 17.3. The van der Waals surface area contributed by atoms with Crippen molar-refractivity contribution in [1.29, 1.82) is 0 Å². The van der Waals surface area contributed by atoms with Crippen LogP contribution in [0.3, 0.4) is 0 Å². The number of aromatic nitrogens is 1. The van der Waals surface area contributed by atoms with Crippen LogP contribution in [0, 0.1) is 0 Å². The SMILES string of the molecule is NCc1nc2c(s1)CCN(Cc1cccc3c1CN(C1CCC(=O)NC1=O)C3=O)C2. The molecule has 3 amide bonds. The molecule has 1 saturated heterocycles. The number of benzene rings is 1. The van der Waals surface area contributed by atoms with E-state index in [1.807, 2.05) is 12.1 Å². The molecule has 0 radical (unpaired) electrons. The molecule has 4 heterocycles. The standard InChI is InChI=1S/C21H23N5O3S/c22-8-19-23-15-11-25(7-6-17(15)30-19)9-12-2-1-3-13-14(12)10-26(21(13)29)16-4-5-18(27)24-20(16)28/h1-3,16H,4-11,22H2,(H,24,27,28). The smallest absolute Gasteiger partial charge is 0.255 e. The van der Waals surface area contributed by atoms with Crippen LogP contribution in [0.15, 0.2) is 18.2 Å². The molecule has 2 aromatic rings. The highest BCUT2D eigenvalue weighted by molar-refractivity contribution is 7.11. The summed E-state index contributed by atoms with van der Waals surface area (Å²) in [7, 11) is 0. The summed E-state index contributed by atoms with van der Waals surface area (Å²) in [5.41, 5.74) is 9.60. The van der Waals surface area contributed by atoms with Gasteiger partial charge < -0.3 is 10.6 Å². The predicted octanol–water partition coefficient (Wildman–Crippen LogP) is 0.921. The Labute approximate surface area is 178 Å². The first-order valence-corrected chi connectivity index (χ1v) is 11.0.